The largest absolute Gasteiger partial charge is 0.477 e. The molecule has 3 aromatic rings. The molecule has 0 radical (unpaired) electrons. The summed E-state index contributed by atoms with van der Waals surface area (Å²) in [6.07, 6.45) is 8.38. The number of hydrogen-bond donors (Lipinski definition) is 2. The normalized spacial score (nSPS) is 20.5. The molecule has 2 aliphatic heterocycles. The van der Waals surface area contributed by atoms with E-state index in [1.54, 1.807) is 23.7 Å². The van der Waals surface area contributed by atoms with E-state index in [1.807, 2.05) is 6.92 Å². The van der Waals surface area contributed by atoms with E-state index < -0.39 is 11.7 Å². The van der Waals surface area contributed by atoms with Gasteiger partial charge in [-0.3, -0.25) is 4.79 Å². The van der Waals surface area contributed by atoms with Gasteiger partial charge in [-0.1, -0.05) is 6.42 Å². The third kappa shape index (κ3) is 4.47. The Kier molecular flexibility index (Phi) is 5.84. The predicted octanol–water partition coefficient (Wildman–Crippen LogP) is 2.80. The van der Waals surface area contributed by atoms with Crippen molar-refractivity contribution >= 4 is 23.2 Å². The van der Waals surface area contributed by atoms with Gasteiger partial charge in [0.1, 0.15) is 5.56 Å². The fourth-order valence-electron chi connectivity index (χ4n) is 4.68. The maximum Gasteiger partial charge on any atom is 0.262 e. The minimum atomic E-state index is -0.516. The van der Waals surface area contributed by atoms with Crippen molar-refractivity contribution in [1.82, 2.24) is 24.7 Å². The number of amides is 1. The van der Waals surface area contributed by atoms with E-state index in [2.05, 4.69) is 30.5 Å². The number of imidazole rings is 1. The minimum absolute atomic E-state index is 0.205. The molecule has 2 fully saturated rings. The quantitative estimate of drug-likeness (QED) is 0.613. The lowest BCUT2D eigenvalue weighted by Gasteiger charge is -2.28. The summed E-state index contributed by atoms with van der Waals surface area (Å²) in [6.45, 7) is 6.71. The van der Waals surface area contributed by atoms with Crippen molar-refractivity contribution in [2.24, 2.45) is 5.92 Å². The van der Waals surface area contributed by atoms with Crippen LogP contribution in [0.1, 0.15) is 42.2 Å². The van der Waals surface area contributed by atoms with Gasteiger partial charge in [-0.2, -0.15) is 4.98 Å². The first-order chi connectivity index (χ1) is 16.0. The van der Waals surface area contributed by atoms with Crippen LogP contribution >= 0.6 is 0 Å². The number of carbonyl (C=O) groups excluding carboxylic acids is 1. The molecule has 0 aliphatic carbocycles. The van der Waals surface area contributed by atoms with Crippen LogP contribution in [0.15, 0.2) is 24.7 Å². The molecule has 3 aromatic heterocycles. The van der Waals surface area contributed by atoms with Crippen molar-refractivity contribution in [2.75, 3.05) is 36.5 Å². The van der Waals surface area contributed by atoms with Gasteiger partial charge < -0.3 is 24.7 Å². The third-order valence-electron chi connectivity index (χ3n) is 6.21. The van der Waals surface area contributed by atoms with E-state index in [-0.39, 0.29) is 17.1 Å². The van der Waals surface area contributed by atoms with Crippen molar-refractivity contribution in [1.29, 1.82) is 0 Å². The van der Waals surface area contributed by atoms with Crippen LogP contribution in [0.3, 0.4) is 0 Å². The van der Waals surface area contributed by atoms with Gasteiger partial charge >= 0.3 is 0 Å². The SMILES string of the molecule is CCOc1nc(N2CC3CCCC(C2)NC3)ncc1C(=O)Nc1cc(F)c2nc(C)cn2c1. The van der Waals surface area contributed by atoms with Crippen LogP contribution < -0.4 is 20.3 Å². The summed E-state index contributed by atoms with van der Waals surface area (Å²) >= 11 is 0. The van der Waals surface area contributed by atoms with Crippen LogP contribution in [0, 0.1) is 18.7 Å². The summed E-state index contributed by atoms with van der Waals surface area (Å²) in [6, 6.07) is 1.66. The number of aromatic nitrogens is 4. The number of rotatable bonds is 5. The van der Waals surface area contributed by atoms with Crippen molar-refractivity contribution in [2.45, 2.75) is 39.2 Å². The highest BCUT2D eigenvalue weighted by Crippen LogP contribution is 2.26. The number of anilines is 2. The summed E-state index contributed by atoms with van der Waals surface area (Å²) in [7, 11) is 0. The Labute approximate surface area is 191 Å². The first-order valence-electron chi connectivity index (χ1n) is 11.4. The molecular formula is C23H28FN7O2. The molecule has 2 N–H and O–H groups in total. The van der Waals surface area contributed by atoms with E-state index in [0.717, 1.165) is 26.1 Å². The second kappa shape index (κ2) is 8.93. The lowest BCUT2D eigenvalue weighted by atomic mass is 10.00. The third-order valence-corrected chi connectivity index (χ3v) is 6.21. The number of aryl methyl sites for hydroxylation is 1. The standard InChI is InChI=1S/C23H28FN7O2/c1-3-33-22-18(21(32)28-17-7-19(24)20-27-14(2)10-30(20)13-17)9-26-23(29-22)31-11-15-5-4-6-16(12-31)25-8-15/h7,9-10,13,15-16,25H,3-6,8,11-12H2,1-2H3,(H,28,32). The highest BCUT2D eigenvalue weighted by Gasteiger charge is 2.29. The maximum atomic E-state index is 14.4. The highest BCUT2D eigenvalue weighted by molar-refractivity contribution is 6.05. The Balaban J connectivity index is 1.40. The summed E-state index contributed by atoms with van der Waals surface area (Å²) < 4.78 is 21.7. The van der Waals surface area contributed by atoms with Crippen LogP contribution in [-0.2, 0) is 0 Å². The van der Waals surface area contributed by atoms with Crippen LogP contribution in [0.4, 0.5) is 16.0 Å². The predicted molar refractivity (Wildman–Crippen MR) is 122 cm³/mol. The number of carbonyl (C=O) groups is 1. The Morgan fingerprint density at radius 2 is 2.18 bits per heavy atom. The zero-order valence-corrected chi connectivity index (χ0v) is 18.8. The van der Waals surface area contributed by atoms with Gasteiger partial charge in [0.2, 0.25) is 11.8 Å². The molecule has 2 atom stereocenters. The van der Waals surface area contributed by atoms with Gasteiger partial charge in [0.05, 0.1) is 18.0 Å². The fourth-order valence-corrected chi connectivity index (χ4v) is 4.68. The molecule has 9 nitrogen and oxygen atoms in total. The molecule has 10 heteroatoms. The van der Waals surface area contributed by atoms with Crippen molar-refractivity contribution in [3.8, 4) is 5.88 Å². The molecule has 5 heterocycles. The smallest absolute Gasteiger partial charge is 0.262 e. The molecule has 0 saturated carbocycles. The zero-order valence-electron chi connectivity index (χ0n) is 18.8. The van der Waals surface area contributed by atoms with E-state index in [1.165, 1.54) is 25.1 Å². The molecule has 2 aliphatic rings. The van der Waals surface area contributed by atoms with E-state index in [9.17, 15) is 9.18 Å². The Hall–Kier alpha value is -3.27. The Bertz CT molecular complexity index is 1170. The molecule has 0 aromatic carbocycles. The molecule has 174 valence electrons. The molecule has 5 rings (SSSR count). The number of nitrogens with zero attached hydrogens (tertiary/aromatic N) is 5. The number of ether oxygens (including phenoxy) is 1. The topological polar surface area (TPSA) is 96.7 Å². The number of pyridine rings is 1. The monoisotopic (exact) mass is 453 g/mol. The average molecular weight is 454 g/mol. The van der Waals surface area contributed by atoms with E-state index in [0.29, 0.717) is 35.9 Å². The lowest BCUT2D eigenvalue weighted by Crippen LogP contribution is -2.39. The molecule has 2 bridgehead atoms. The highest BCUT2D eigenvalue weighted by atomic mass is 19.1. The number of fused-ring (bicyclic) bond motifs is 4. The van der Waals surface area contributed by atoms with Gasteiger partial charge in [-0.25, -0.2) is 14.4 Å². The van der Waals surface area contributed by atoms with E-state index >= 15 is 0 Å². The van der Waals surface area contributed by atoms with Gasteiger partial charge in [0.25, 0.3) is 5.91 Å². The summed E-state index contributed by atoms with van der Waals surface area (Å²) in [5, 5.41) is 6.36. The molecule has 1 amide bonds. The van der Waals surface area contributed by atoms with Crippen LogP contribution in [0.5, 0.6) is 5.88 Å². The van der Waals surface area contributed by atoms with Crippen LogP contribution in [0.2, 0.25) is 0 Å². The number of nitrogens with one attached hydrogen (secondary N) is 2. The van der Waals surface area contributed by atoms with E-state index in [4.69, 9.17) is 4.74 Å². The zero-order chi connectivity index (χ0) is 22.9. The summed E-state index contributed by atoms with van der Waals surface area (Å²) in [4.78, 5) is 28.5. The molecule has 33 heavy (non-hydrogen) atoms. The average Bonchev–Trinajstić information content (AvgIpc) is 2.92. The Morgan fingerprint density at radius 3 is 3.03 bits per heavy atom. The van der Waals surface area contributed by atoms with Crippen molar-refractivity contribution in [3.63, 3.8) is 0 Å². The minimum Gasteiger partial charge on any atom is -0.477 e. The molecule has 0 spiro atoms. The van der Waals surface area contributed by atoms with Gasteiger partial charge in [-0.05, 0) is 39.2 Å². The second-order valence-electron chi connectivity index (χ2n) is 8.77. The van der Waals surface area contributed by atoms with Gasteiger partial charge in [0.15, 0.2) is 11.5 Å². The first-order valence-corrected chi connectivity index (χ1v) is 11.4. The molecule has 2 saturated heterocycles. The number of halogens is 1. The van der Waals surface area contributed by atoms with Gasteiger partial charge in [-0.15, -0.1) is 0 Å². The molecule has 2 unspecified atom stereocenters. The second-order valence-corrected chi connectivity index (χ2v) is 8.77. The summed E-state index contributed by atoms with van der Waals surface area (Å²) in [5.74, 6) is 0.364. The number of hydrogen-bond acceptors (Lipinski definition) is 7. The van der Waals surface area contributed by atoms with Crippen LogP contribution in [-0.4, -0.2) is 57.5 Å². The maximum absolute atomic E-state index is 14.4. The lowest BCUT2D eigenvalue weighted by molar-refractivity contribution is 0.102. The molecular weight excluding hydrogens is 425 g/mol. The Morgan fingerprint density at radius 1 is 1.30 bits per heavy atom. The van der Waals surface area contributed by atoms with Crippen molar-refractivity contribution < 1.29 is 13.9 Å². The van der Waals surface area contributed by atoms with Gasteiger partial charge in [0, 0.05) is 43.8 Å². The summed E-state index contributed by atoms with van der Waals surface area (Å²) in [5.41, 5.74) is 1.41. The van der Waals surface area contributed by atoms with Crippen LogP contribution in [0.25, 0.3) is 5.65 Å². The van der Waals surface area contributed by atoms with Crippen molar-refractivity contribution in [3.05, 3.63) is 41.7 Å². The first kappa shape index (κ1) is 21.6. The fraction of sp³-hybridized carbons (Fsp3) is 0.478.